The van der Waals surface area contributed by atoms with E-state index >= 15 is 0 Å². The van der Waals surface area contributed by atoms with Crippen LogP contribution in [0.15, 0.2) is 0 Å². The van der Waals surface area contributed by atoms with Gasteiger partial charge in [0.15, 0.2) is 0 Å². The molecule has 2 aliphatic rings. The molecular weight excluding hydrogens is 146 g/mol. The molecule has 0 bridgehead atoms. The molecule has 1 aliphatic heterocycles. The van der Waals surface area contributed by atoms with E-state index < -0.39 is 0 Å². The van der Waals surface area contributed by atoms with Gasteiger partial charge in [-0.2, -0.15) is 0 Å². The van der Waals surface area contributed by atoms with Crippen LogP contribution in [0.2, 0.25) is 0 Å². The Balaban J connectivity index is 0.000000336. The van der Waals surface area contributed by atoms with E-state index in [4.69, 9.17) is 0 Å². The standard InChI is InChI=1S/C9H17N.C2H6/c1-7-2-3-8-6-10-5-4-9(7)8;1-2/h7-10H,2-6H2,1H3;1-2H3. The van der Waals surface area contributed by atoms with Crippen molar-refractivity contribution in [3.05, 3.63) is 0 Å². The van der Waals surface area contributed by atoms with E-state index in [9.17, 15) is 0 Å². The highest BCUT2D eigenvalue weighted by Crippen LogP contribution is 2.39. The molecule has 2 rings (SSSR count). The highest BCUT2D eigenvalue weighted by Gasteiger charge is 2.34. The number of rotatable bonds is 0. The first-order valence-electron chi connectivity index (χ1n) is 5.58. The maximum absolute atomic E-state index is 3.48. The van der Waals surface area contributed by atoms with Gasteiger partial charge in [-0.05, 0) is 43.7 Å². The van der Waals surface area contributed by atoms with Crippen molar-refractivity contribution in [2.75, 3.05) is 13.1 Å². The number of nitrogens with one attached hydrogen (secondary N) is 1. The minimum Gasteiger partial charge on any atom is -0.316 e. The Morgan fingerprint density at radius 1 is 1.08 bits per heavy atom. The lowest BCUT2D eigenvalue weighted by molar-refractivity contribution is 0.253. The highest BCUT2D eigenvalue weighted by atomic mass is 14.9. The second-order valence-electron chi connectivity index (χ2n) is 3.97. The van der Waals surface area contributed by atoms with Crippen LogP contribution in [-0.4, -0.2) is 13.1 Å². The fourth-order valence-corrected chi connectivity index (χ4v) is 2.70. The topological polar surface area (TPSA) is 12.0 Å². The maximum atomic E-state index is 3.48. The van der Waals surface area contributed by atoms with Crippen molar-refractivity contribution >= 4 is 0 Å². The molecule has 3 atom stereocenters. The molecule has 72 valence electrons. The molecule has 1 saturated heterocycles. The minimum absolute atomic E-state index is 1.02. The molecule has 1 N–H and O–H groups in total. The number of hydrogen-bond donors (Lipinski definition) is 1. The molecule has 1 heteroatoms. The molecular formula is C11H23N. The molecule has 0 radical (unpaired) electrons. The van der Waals surface area contributed by atoms with Gasteiger partial charge in [-0.25, -0.2) is 0 Å². The van der Waals surface area contributed by atoms with Crippen molar-refractivity contribution in [2.24, 2.45) is 17.8 Å². The number of fused-ring (bicyclic) bond motifs is 1. The van der Waals surface area contributed by atoms with Crippen molar-refractivity contribution in [3.63, 3.8) is 0 Å². The average molecular weight is 169 g/mol. The predicted octanol–water partition coefficient (Wildman–Crippen LogP) is 2.67. The summed E-state index contributed by atoms with van der Waals surface area (Å²) >= 11 is 0. The Kier molecular flexibility index (Phi) is 4.07. The van der Waals surface area contributed by atoms with Crippen molar-refractivity contribution in [1.82, 2.24) is 5.32 Å². The molecule has 0 aromatic carbocycles. The first kappa shape index (κ1) is 10.0. The molecule has 1 aliphatic carbocycles. The van der Waals surface area contributed by atoms with E-state index in [1.807, 2.05) is 13.8 Å². The zero-order valence-corrected chi connectivity index (χ0v) is 8.77. The van der Waals surface area contributed by atoms with Crippen molar-refractivity contribution < 1.29 is 0 Å². The normalized spacial score (nSPS) is 39.8. The second-order valence-corrected chi connectivity index (χ2v) is 3.97. The fraction of sp³-hybridized carbons (Fsp3) is 1.00. The third kappa shape index (κ3) is 2.01. The average Bonchev–Trinajstić information content (AvgIpc) is 2.53. The lowest BCUT2D eigenvalue weighted by Gasteiger charge is -2.28. The van der Waals surface area contributed by atoms with Crippen molar-refractivity contribution in [2.45, 2.75) is 40.0 Å². The van der Waals surface area contributed by atoms with Gasteiger partial charge in [0.25, 0.3) is 0 Å². The minimum atomic E-state index is 1.02. The number of piperidine rings is 1. The summed E-state index contributed by atoms with van der Waals surface area (Å²) in [7, 11) is 0. The van der Waals surface area contributed by atoms with Crippen LogP contribution in [0.3, 0.4) is 0 Å². The van der Waals surface area contributed by atoms with Gasteiger partial charge in [-0.3, -0.25) is 0 Å². The largest absolute Gasteiger partial charge is 0.316 e. The van der Waals surface area contributed by atoms with Crippen LogP contribution >= 0.6 is 0 Å². The van der Waals surface area contributed by atoms with Crippen molar-refractivity contribution in [3.8, 4) is 0 Å². The quantitative estimate of drug-likeness (QED) is 0.588. The maximum Gasteiger partial charge on any atom is -0.00178 e. The molecule has 3 unspecified atom stereocenters. The van der Waals surface area contributed by atoms with Gasteiger partial charge in [0, 0.05) is 0 Å². The van der Waals surface area contributed by atoms with Gasteiger partial charge < -0.3 is 5.32 Å². The van der Waals surface area contributed by atoms with Crippen LogP contribution in [-0.2, 0) is 0 Å². The van der Waals surface area contributed by atoms with Gasteiger partial charge >= 0.3 is 0 Å². The van der Waals surface area contributed by atoms with Crippen LogP contribution in [0.4, 0.5) is 0 Å². The summed E-state index contributed by atoms with van der Waals surface area (Å²) < 4.78 is 0. The van der Waals surface area contributed by atoms with E-state index in [-0.39, 0.29) is 0 Å². The summed E-state index contributed by atoms with van der Waals surface area (Å²) in [6, 6.07) is 0. The molecule has 0 aromatic rings. The van der Waals surface area contributed by atoms with Gasteiger partial charge in [-0.15, -0.1) is 0 Å². The summed E-state index contributed by atoms with van der Waals surface area (Å²) in [4.78, 5) is 0. The fourth-order valence-electron chi connectivity index (χ4n) is 2.70. The van der Waals surface area contributed by atoms with Crippen LogP contribution in [0.25, 0.3) is 0 Å². The molecule has 0 spiro atoms. The van der Waals surface area contributed by atoms with Gasteiger partial charge in [-0.1, -0.05) is 27.2 Å². The molecule has 1 heterocycles. The summed E-state index contributed by atoms with van der Waals surface area (Å²) in [5.74, 6) is 3.12. The summed E-state index contributed by atoms with van der Waals surface area (Å²) in [6.45, 7) is 9.00. The number of hydrogen-bond acceptors (Lipinski definition) is 1. The molecule has 0 aromatic heterocycles. The van der Waals surface area contributed by atoms with Crippen LogP contribution in [0.1, 0.15) is 40.0 Å². The third-order valence-corrected chi connectivity index (χ3v) is 3.39. The van der Waals surface area contributed by atoms with Crippen molar-refractivity contribution in [1.29, 1.82) is 0 Å². The van der Waals surface area contributed by atoms with Gasteiger partial charge in [0.2, 0.25) is 0 Å². The lowest BCUT2D eigenvalue weighted by Crippen LogP contribution is -2.35. The Hall–Kier alpha value is -0.0400. The molecule has 2 fully saturated rings. The van der Waals surface area contributed by atoms with E-state index in [0.29, 0.717) is 0 Å². The Labute approximate surface area is 76.9 Å². The monoisotopic (exact) mass is 169 g/mol. The van der Waals surface area contributed by atoms with E-state index in [2.05, 4.69) is 12.2 Å². The SMILES string of the molecule is CC.CC1CCC2CNCCC12. The van der Waals surface area contributed by atoms with Crippen LogP contribution < -0.4 is 5.32 Å². The Morgan fingerprint density at radius 2 is 1.83 bits per heavy atom. The van der Waals surface area contributed by atoms with Crippen LogP contribution in [0.5, 0.6) is 0 Å². The molecule has 12 heavy (non-hydrogen) atoms. The lowest BCUT2D eigenvalue weighted by atomic mass is 9.85. The molecule has 0 amide bonds. The Bertz CT molecular complexity index is 120. The van der Waals surface area contributed by atoms with Crippen LogP contribution in [0, 0.1) is 17.8 Å². The zero-order valence-electron chi connectivity index (χ0n) is 8.77. The first-order valence-corrected chi connectivity index (χ1v) is 5.58. The van der Waals surface area contributed by atoms with E-state index in [1.165, 1.54) is 32.4 Å². The smallest absolute Gasteiger partial charge is 0.00178 e. The summed E-state index contributed by atoms with van der Waals surface area (Å²) in [6.07, 6.45) is 4.40. The molecule has 1 nitrogen and oxygen atoms in total. The van der Waals surface area contributed by atoms with Gasteiger partial charge in [0.1, 0.15) is 0 Å². The summed E-state index contributed by atoms with van der Waals surface area (Å²) in [5.41, 5.74) is 0. The second kappa shape index (κ2) is 4.86. The first-order chi connectivity index (χ1) is 5.88. The Morgan fingerprint density at radius 3 is 2.50 bits per heavy atom. The summed E-state index contributed by atoms with van der Waals surface area (Å²) in [5, 5.41) is 3.48. The highest BCUT2D eigenvalue weighted by molar-refractivity contribution is 4.87. The van der Waals surface area contributed by atoms with E-state index in [0.717, 1.165) is 17.8 Å². The van der Waals surface area contributed by atoms with Gasteiger partial charge in [0.05, 0.1) is 0 Å². The predicted molar refractivity (Wildman–Crippen MR) is 54.2 cm³/mol. The third-order valence-electron chi connectivity index (χ3n) is 3.39. The zero-order chi connectivity index (χ0) is 8.97. The molecule has 1 saturated carbocycles. The van der Waals surface area contributed by atoms with E-state index in [1.54, 1.807) is 0 Å².